The van der Waals surface area contributed by atoms with E-state index in [4.69, 9.17) is 0 Å². The van der Waals surface area contributed by atoms with Crippen LogP contribution in [0.15, 0.2) is 30.9 Å². The molecule has 1 aromatic carbocycles. The van der Waals surface area contributed by atoms with Crippen LogP contribution in [0.1, 0.15) is 24.4 Å². The van der Waals surface area contributed by atoms with Crippen molar-refractivity contribution in [2.24, 2.45) is 0 Å². The van der Waals surface area contributed by atoms with Gasteiger partial charge in [0.1, 0.15) is 11.5 Å². The number of benzene rings is 1. The Labute approximate surface area is 114 Å². The van der Waals surface area contributed by atoms with E-state index in [9.17, 15) is 10.2 Å². The Bertz CT molecular complexity index is 408. The molecule has 0 saturated carbocycles. The van der Waals surface area contributed by atoms with Gasteiger partial charge in [-0.25, -0.2) is 0 Å². The average molecular weight is 262 g/mol. The van der Waals surface area contributed by atoms with Gasteiger partial charge in [-0.05, 0) is 30.5 Å². The van der Waals surface area contributed by atoms with Crippen molar-refractivity contribution >= 4 is 0 Å². The Morgan fingerprint density at radius 1 is 1.21 bits per heavy atom. The van der Waals surface area contributed by atoms with Gasteiger partial charge in [0.2, 0.25) is 0 Å². The van der Waals surface area contributed by atoms with E-state index in [1.807, 2.05) is 6.08 Å². The molecule has 1 fully saturated rings. The van der Waals surface area contributed by atoms with Gasteiger partial charge in [0, 0.05) is 38.3 Å². The van der Waals surface area contributed by atoms with Crippen molar-refractivity contribution in [1.29, 1.82) is 0 Å². The summed E-state index contributed by atoms with van der Waals surface area (Å²) < 4.78 is 0. The number of nitrogens with zero attached hydrogens (tertiary/aromatic N) is 1. The number of hydrogen-bond donors (Lipinski definition) is 3. The van der Waals surface area contributed by atoms with Crippen molar-refractivity contribution in [3.05, 3.63) is 36.4 Å². The highest BCUT2D eigenvalue weighted by Crippen LogP contribution is 2.31. The molecule has 1 saturated heterocycles. The molecular formula is C15H22N2O2. The van der Waals surface area contributed by atoms with Crippen LogP contribution in [0.2, 0.25) is 0 Å². The molecule has 0 radical (unpaired) electrons. The van der Waals surface area contributed by atoms with Crippen molar-refractivity contribution in [1.82, 2.24) is 10.2 Å². The van der Waals surface area contributed by atoms with Crippen LogP contribution in [-0.4, -0.2) is 41.3 Å². The first-order chi connectivity index (χ1) is 9.20. The summed E-state index contributed by atoms with van der Waals surface area (Å²) in [4.78, 5) is 2.40. The number of nitrogens with one attached hydrogen (secondary N) is 1. The molecule has 1 aliphatic rings. The standard InChI is InChI=1S/C15H22N2O2/c1-2-3-4-15(17-7-5-16-6-8-17)12-9-13(18)11-14(19)10-12/h2,9-11,15-16,18-19H,1,3-8H2/t15-/m1/s1. The summed E-state index contributed by atoms with van der Waals surface area (Å²) in [7, 11) is 0. The molecule has 0 spiro atoms. The first kappa shape index (κ1) is 13.9. The molecule has 4 heteroatoms. The molecule has 1 heterocycles. The maximum Gasteiger partial charge on any atom is 0.119 e. The summed E-state index contributed by atoms with van der Waals surface area (Å²) in [5.74, 6) is 0.238. The van der Waals surface area contributed by atoms with E-state index in [1.54, 1.807) is 12.1 Å². The maximum absolute atomic E-state index is 9.66. The zero-order valence-electron chi connectivity index (χ0n) is 11.2. The molecule has 0 unspecified atom stereocenters. The molecule has 0 aromatic heterocycles. The van der Waals surface area contributed by atoms with Crippen LogP contribution in [0.4, 0.5) is 0 Å². The third kappa shape index (κ3) is 3.72. The zero-order valence-corrected chi connectivity index (χ0v) is 11.2. The highest BCUT2D eigenvalue weighted by atomic mass is 16.3. The molecule has 1 atom stereocenters. The van der Waals surface area contributed by atoms with Crippen molar-refractivity contribution in [3.8, 4) is 11.5 Å². The normalized spacial score (nSPS) is 18.1. The highest BCUT2D eigenvalue weighted by Gasteiger charge is 2.22. The lowest BCUT2D eigenvalue weighted by molar-refractivity contribution is 0.165. The fourth-order valence-corrected chi connectivity index (χ4v) is 2.64. The van der Waals surface area contributed by atoms with Crippen LogP contribution in [0.25, 0.3) is 0 Å². The van der Waals surface area contributed by atoms with E-state index in [-0.39, 0.29) is 17.5 Å². The summed E-state index contributed by atoms with van der Waals surface area (Å²) in [5, 5.41) is 22.7. The lowest BCUT2D eigenvalue weighted by Gasteiger charge is -2.35. The predicted molar refractivity (Wildman–Crippen MR) is 76.4 cm³/mol. The molecule has 1 aromatic rings. The SMILES string of the molecule is C=CCC[C@H](c1cc(O)cc(O)c1)N1CCNCC1. The molecule has 19 heavy (non-hydrogen) atoms. The summed E-state index contributed by atoms with van der Waals surface area (Å²) in [6.07, 6.45) is 3.79. The molecule has 4 nitrogen and oxygen atoms in total. The number of hydrogen-bond acceptors (Lipinski definition) is 4. The van der Waals surface area contributed by atoms with Crippen LogP contribution < -0.4 is 5.32 Å². The quantitative estimate of drug-likeness (QED) is 0.711. The van der Waals surface area contributed by atoms with Crippen LogP contribution >= 0.6 is 0 Å². The Balaban J connectivity index is 2.21. The van der Waals surface area contributed by atoms with E-state index in [0.29, 0.717) is 0 Å². The van der Waals surface area contributed by atoms with Gasteiger partial charge < -0.3 is 15.5 Å². The van der Waals surface area contributed by atoms with Crippen molar-refractivity contribution < 1.29 is 10.2 Å². The maximum atomic E-state index is 9.66. The largest absolute Gasteiger partial charge is 0.508 e. The Morgan fingerprint density at radius 2 is 1.84 bits per heavy atom. The summed E-state index contributed by atoms with van der Waals surface area (Å²) in [6, 6.07) is 5.08. The monoisotopic (exact) mass is 262 g/mol. The van der Waals surface area contributed by atoms with E-state index in [1.165, 1.54) is 6.07 Å². The van der Waals surface area contributed by atoms with E-state index in [2.05, 4.69) is 16.8 Å². The minimum absolute atomic E-state index is 0.119. The Kier molecular flexibility index (Phi) is 4.82. The van der Waals surface area contributed by atoms with Crippen LogP contribution in [-0.2, 0) is 0 Å². The van der Waals surface area contributed by atoms with Crippen LogP contribution in [0.3, 0.4) is 0 Å². The van der Waals surface area contributed by atoms with Crippen molar-refractivity contribution in [2.45, 2.75) is 18.9 Å². The second-order valence-corrected chi connectivity index (χ2v) is 4.95. The second-order valence-electron chi connectivity index (χ2n) is 4.95. The molecule has 0 amide bonds. The summed E-state index contributed by atoms with van der Waals surface area (Å²) in [6.45, 7) is 7.71. The molecule has 0 aliphatic carbocycles. The third-order valence-corrected chi connectivity index (χ3v) is 3.55. The lowest BCUT2D eigenvalue weighted by atomic mass is 9.99. The number of rotatable bonds is 5. The molecule has 2 rings (SSSR count). The lowest BCUT2D eigenvalue weighted by Crippen LogP contribution is -2.45. The molecule has 1 aliphatic heterocycles. The van der Waals surface area contributed by atoms with E-state index >= 15 is 0 Å². The van der Waals surface area contributed by atoms with Crippen LogP contribution in [0, 0.1) is 0 Å². The smallest absolute Gasteiger partial charge is 0.119 e. The van der Waals surface area contributed by atoms with Gasteiger partial charge >= 0.3 is 0 Å². The van der Waals surface area contributed by atoms with Gasteiger partial charge in [-0.1, -0.05) is 6.08 Å². The number of allylic oxidation sites excluding steroid dienone is 1. The van der Waals surface area contributed by atoms with Gasteiger partial charge in [-0.15, -0.1) is 6.58 Å². The van der Waals surface area contributed by atoms with Gasteiger partial charge in [0.05, 0.1) is 0 Å². The number of piperazine rings is 1. The fourth-order valence-electron chi connectivity index (χ4n) is 2.64. The highest BCUT2D eigenvalue weighted by molar-refractivity contribution is 5.38. The molecule has 0 bridgehead atoms. The van der Waals surface area contributed by atoms with Crippen LogP contribution in [0.5, 0.6) is 11.5 Å². The van der Waals surface area contributed by atoms with Gasteiger partial charge in [0.25, 0.3) is 0 Å². The van der Waals surface area contributed by atoms with Gasteiger partial charge in [-0.3, -0.25) is 4.90 Å². The Hall–Kier alpha value is -1.52. The van der Waals surface area contributed by atoms with Crippen molar-refractivity contribution in [2.75, 3.05) is 26.2 Å². The van der Waals surface area contributed by atoms with Crippen molar-refractivity contribution in [3.63, 3.8) is 0 Å². The molecular weight excluding hydrogens is 240 g/mol. The number of aromatic hydroxyl groups is 2. The third-order valence-electron chi connectivity index (χ3n) is 3.55. The topological polar surface area (TPSA) is 55.7 Å². The minimum atomic E-state index is 0.119. The summed E-state index contributed by atoms with van der Waals surface area (Å²) in [5.41, 5.74) is 0.973. The first-order valence-electron chi connectivity index (χ1n) is 6.79. The second kappa shape index (κ2) is 6.59. The molecule has 3 N–H and O–H groups in total. The zero-order chi connectivity index (χ0) is 13.7. The summed E-state index contributed by atoms with van der Waals surface area (Å²) >= 11 is 0. The van der Waals surface area contributed by atoms with Gasteiger partial charge in [-0.2, -0.15) is 0 Å². The van der Waals surface area contributed by atoms with E-state index in [0.717, 1.165) is 44.6 Å². The minimum Gasteiger partial charge on any atom is -0.508 e. The molecule has 104 valence electrons. The Morgan fingerprint density at radius 3 is 2.42 bits per heavy atom. The number of phenols is 2. The number of phenolic OH excluding ortho intramolecular Hbond substituents is 2. The average Bonchev–Trinajstić information content (AvgIpc) is 2.39. The van der Waals surface area contributed by atoms with E-state index < -0.39 is 0 Å². The van der Waals surface area contributed by atoms with Gasteiger partial charge in [0.15, 0.2) is 0 Å². The first-order valence-corrected chi connectivity index (χ1v) is 6.79. The fraction of sp³-hybridized carbons (Fsp3) is 0.467. The predicted octanol–water partition coefficient (Wildman–Crippen LogP) is 2.01.